The molecule has 1 aromatic carbocycles. The summed E-state index contributed by atoms with van der Waals surface area (Å²) in [7, 11) is 1.61. The van der Waals surface area contributed by atoms with Crippen LogP contribution in [-0.4, -0.2) is 37.8 Å². The summed E-state index contributed by atoms with van der Waals surface area (Å²) in [4.78, 5) is 33.7. The Bertz CT molecular complexity index is 1570. The lowest BCUT2D eigenvalue weighted by molar-refractivity contribution is 0.498. The van der Waals surface area contributed by atoms with E-state index < -0.39 is 11.2 Å². The van der Waals surface area contributed by atoms with Gasteiger partial charge in [-0.1, -0.05) is 24.3 Å². The number of rotatable bonds is 4. The van der Waals surface area contributed by atoms with E-state index in [4.69, 9.17) is 5.73 Å². The molecule has 9 heteroatoms. The van der Waals surface area contributed by atoms with Crippen LogP contribution in [0.25, 0.3) is 21.8 Å². The van der Waals surface area contributed by atoms with Gasteiger partial charge in [0.2, 0.25) is 0 Å². The van der Waals surface area contributed by atoms with Crippen molar-refractivity contribution in [1.82, 2.24) is 18.7 Å². The highest BCUT2D eigenvalue weighted by Gasteiger charge is 2.29. The van der Waals surface area contributed by atoms with Gasteiger partial charge in [-0.3, -0.25) is 18.9 Å². The summed E-state index contributed by atoms with van der Waals surface area (Å²) in [6.45, 7) is 3.83. The van der Waals surface area contributed by atoms with Crippen LogP contribution in [0.2, 0.25) is 0 Å². The van der Waals surface area contributed by atoms with Crippen molar-refractivity contribution in [3.63, 3.8) is 0 Å². The number of nitriles is 1. The fourth-order valence-electron chi connectivity index (χ4n) is 5.17. The van der Waals surface area contributed by atoms with Crippen LogP contribution in [0.4, 0.5) is 5.82 Å². The second-order valence-electron chi connectivity index (χ2n) is 8.81. The standard InChI is InChI=1S/C25H27N7O2/c1-3-31-22-21(19(13-26)23(31)30-12-6-8-17(27)14-30)29(2)25(34)32(24(22)33)15-20-18-9-5-4-7-16(18)10-11-28-20/h4-5,7,9-11,17H,3,6,8,12,14-15,27H2,1-2H3/t17-/m0/s1. The number of nitrogens with zero attached hydrogens (tertiary/aromatic N) is 6. The van der Waals surface area contributed by atoms with E-state index in [1.165, 1.54) is 9.13 Å². The van der Waals surface area contributed by atoms with Gasteiger partial charge in [0.1, 0.15) is 23.0 Å². The summed E-state index contributed by atoms with van der Waals surface area (Å²) in [6, 6.07) is 11.9. The summed E-state index contributed by atoms with van der Waals surface area (Å²) >= 11 is 0. The van der Waals surface area contributed by atoms with E-state index in [0.29, 0.717) is 41.2 Å². The molecule has 1 saturated heterocycles. The number of hydrogen-bond donors (Lipinski definition) is 1. The van der Waals surface area contributed by atoms with E-state index in [2.05, 4.69) is 16.0 Å². The first kappa shape index (κ1) is 21.9. The maximum atomic E-state index is 13.8. The second kappa shape index (κ2) is 8.47. The van der Waals surface area contributed by atoms with Gasteiger partial charge in [-0.25, -0.2) is 4.79 Å². The monoisotopic (exact) mass is 457 g/mol. The van der Waals surface area contributed by atoms with E-state index >= 15 is 0 Å². The van der Waals surface area contributed by atoms with Gasteiger partial charge in [0.25, 0.3) is 5.56 Å². The third kappa shape index (κ3) is 3.30. The molecule has 5 rings (SSSR count). The molecule has 1 aliphatic heterocycles. The molecule has 0 amide bonds. The fourth-order valence-corrected chi connectivity index (χ4v) is 5.17. The van der Waals surface area contributed by atoms with E-state index in [1.54, 1.807) is 13.2 Å². The van der Waals surface area contributed by atoms with Gasteiger partial charge in [0.15, 0.2) is 0 Å². The van der Waals surface area contributed by atoms with Crippen molar-refractivity contribution >= 4 is 27.6 Å². The lowest BCUT2D eigenvalue weighted by atomic mass is 10.1. The Labute approximate surface area is 196 Å². The zero-order valence-corrected chi connectivity index (χ0v) is 19.4. The Morgan fingerprint density at radius 3 is 2.71 bits per heavy atom. The second-order valence-corrected chi connectivity index (χ2v) is 8.81. The van der Waals surface area contributed by atoms with Crippen molar-refractivity contribution in [2.24, 2.45) is 12.8 Å². The first-order valence-electron chi connectivity index (χ1n) is 11.6. The molecule has 2 N–H and O–H groups in total. The van der Waals surface area contributed by atoms with Gasteiger partial charge >= 0.3 is 5.69 Å². The maximum Gasteiger partial charge on any atom is 0.331 e. The number of aryl methyl sites for hydroxylation is 2. The number of nitrogens with two attached hydrogens (primary N) is 1. The predicted octanol–water partition coefficient (Wildman–Crippen LogP) is 1.92. The number of pyridine rings is 1. The molecule has 0 spiro atoms. The highest BCUT2D eigenvalue weighted by molar-refractivity contribution is 5.90. The number of hydrogen-bond acceptors (Lipinski definition) is 6. The van der Waals surface area contributed by atoms with Crippen molar-refractivity contribution in [1.29, 1.82) is 5.26 Å². The van der Waals surface area contributed by atoms with Gasteiger partial charge in [0, 0.05) is 44.3 Å². The lowest BCUT2D eigenvalue weighted by Crippen LogP contribution is -2.44. The van der Waals surface area contributed by atoms with Crippen LogP contribution in [0.15, 0.2) is 46.1 Å². The fraction of sp³-hybridized carbons (Fsp3) is 0.360. The minimum atomic E-state index is -0.473. The Hall–Kier alpha value is -3.90. The molecule has 0 radical (unpaired) electrons. The quantitative estimate of drug-likeness (QED) is 0.501. The zero-order chi connectivity index (χ0) is 24.0. The highest BCUT2D eigenvalue weighted by atomic mass is 16.2. The molecule has 0 saturated carbocycles. The number of anilines is 1. The lowest BCUT2D eigenvalue weighted by Gasteiger charge is -2.33. The Morgan fingerprint density at radius 2 is 1.97 bits per heavy atom. The van der Waals surface area contributed by atoms with Crippen LogP contribution >= 0.6 is 0 Å². The molecule has 174 valence electrons. The van der Waals surface area contributed by atoms with Crippen LogP contribution in [0, 0.1) is 11.3 Å². The largest absolute Gasteiger partial charge is 0.355 e. The number of benzene rings is 1. The Balaban J connectivity index is 1.77. The van der Waals surface area contributed by atoms with Gasteiger partial charge in [-0.2, -0.15) is 5.26 Å². The number of fused-ring (bicyclic) bond motifs is 2. The van der Waals surface area contributed by atoms with Gasteiger partial charge in [-0.05, 0) is 31.2 Å². The average Bonchev–Trinajstić information content (AvgIpc) is 3.20. The van der Waals surface area contributed by atoms with E-state index in [-0.39, 0.29) is 12.6 Å². The zero-order valence-electron chi connectivity index (χ0n) is 19.4. The molecule has 1 atom stereocenters. The summed E-state index contributed by atoms with van der Waals surface area (Å²) in [5.74, 6) is 0.670. The number of aromatic nitrogens is 4. The Kier molecular flexibility index (Phi) is 5.46. The van der Waals surface area contributed by atoms with E-state index in [9.17, 15) is 14.9 Å². The van der Waals surface area contributed by atoms with Crippen molar-refractivity contribution in [3.05, 3.63) is 68.6 Å². The van der Waals surface area contributed by atoms with Crippen LogP contribution in [0.1, 0.15) is 31.0 Å². The predicted molar refractivity (Wildman–Crippen MR) is 132 cm³/mol. The summed E-state index contributed by atoms with van der Waals surface area (Å²) < 4.78 is 4.50. The molecule has 34 heavy (non-hydrogen) atoms. The summed E-state index contributed by atoms with van der Waals surface area (Å²) in [6.07, 6.45) is 3.52. The molecule has 0 bridgehead atoms. The third-order valence-corrected chi connectivity index (χ3v) is 6.76. The van der Waals surface area contributed by atoms with Crippen LogP contribution < -0.4 is 21.9 Å². The maximum absolute atomic E-state index is 13.8. The average molecular weight is 458 g/mol. The number of piperidine rings is 1. The summed E-state index contributed by atoms with van der Waals surface area (Å²) in [5, 5.41) is 12.0. The molecule has 0 unspecified atom stereocenters. The van der Waals surface area contributed by atoms with Crippen molar-refractivity contribution < 1.29 is 0 Å². The minimum absolute atomic E-state index is 0.00141. The van der Waals surface area contributed by atoms with Gasteiger partial charge < -0.3 is 15.2 Å². The van der Waals surface area contributed by atoms with Crippen LogP contribution in [-0.2, 0) is 20.1 Å². The SMILES string of the molecule is CCn1c(N2CCC[C@H](N)C2)c(C#N)c2c1c(=O)n(Cc1nccc3ccccc13)c(=O)n2C. The smallest absolute Gasteiger partial charge is 0.331 e. The molecular weight excluding hydrogens is 430 g/mol. The molecule has 3 aromatic heterocycles. The van der Waals surface area contributed by atoms with E-state index in [0.717, 1.165) is 30.2 Å². The van der Waals surface area contributed by atoms with Crippen LogP contribution in [0.5, 0.6) is 0 Å². The third-order valence-electron chi connectivity index (χ3n) is 6.76. The normalized spacial score (nSPS) is 16.3. The summed E-state index contributed by atoms with van der Waals surface area (Å²) in [5.41, 5.74) is 7.05. The van der Waals surface area contributed by atoms with Crippen LogP contribution in [0.3, 0.4) is 0 Å². The van der Waals surface area contributed by atoms with Gasteiger partial charge in [0.05, 0.1) is 17.8 Å². The van der Waals surface area contributed by atoms with Gasteiger partial charge in [-0.15, -0.1) is 0 Å². The molecule has 4 aromatic rings. The minimum Gasteiger partial charge on any atom is -0.355 e. The topological polar surface area (TPSA) is 115 Å². The molecular formula is C25H27N7O2. The van der Waals surface area contributed by atoms with E-state index in [1.807, 2.05) is 41.8 Å². The molecule has 9 nitrogen and oxygen atoms in total. The van der Waals surface area contributed by atoms with Crippen molar-refractivity contribution in [3.8, 4) is 6.07 Å². The molecule has 1 aliphatic rings. The van der Waals surface area contributed by atoms with Crippen molar-refractivity contribution in [2.45, 2.75) is 38.9 Å². The van der Waals surface area contributed by atoms with Crippen molar-refractivity contribution in [2.75, 3.05) is 18.0 Å². The highest BCUT2D eigenvalue weighted by Crippen LogP contribution is 2.32. The first-order valence-corrected chi connectivity index (χ1v) is 11.6. The molecule has 1 fully saturated rings. The molecule has 0 aliphatic carbocycles. The first-order chi connectivity index (χ1) is 16.5. The Morgan fingerprint density at radius 1 is 1.18 bits per heavy atom. The molecule has 4 heterocycles.